The minimum absolute atomic E-state index is 0.0120. The summed E-state index contributed by atoms with van der Waals surface area (Å²) in [6, 6.07) is 11.2. The summed E-state index contributed by atoms with van der Waals surface area (Å²) >= 11 is 6.01. The van der Waals surface area contributed by atoms with E-state index in [1.807, 2.05) is 41.2 Å². The first-order valence-corrected chi connectivity index (χ1v) is 11.9. The first kappa shape index (κ1) is 23.2. The van der Waals surface area contributed by atoms with Gasteiger partial charge in [-0.1, -0.05) is 11.6 Å². The molecule has 9 heteroatoms. The highest BCUT2D eigenvalue weighted by molar-refractivity contribution is 6.31. The molecule has 0 atom stereocenters. The highest BCUT2D eigenvalue weighted by Crippen LogP contribution is 2.41. The van der Waals surface area contributed by atoms with Gasteiger partial charge < -0.3 is 9.88 Å². The van der Waals surface area contributed by atoms with E-state index in [2.05, 4.69) is 15.0 Å². The number of hydrogen-bond acceptors (Lipinski definition) is 3. The quantitative estimate of drug-likeness (QED) is 0.425. The summed E-state index contributed by atoms with van der Waals surface area (Å²) in [6.45, 7) is 0. The lowest BCUT2D eigenvalue weighted by molar-refractivity contribution is -0.353. The molecule has 1 N–H and O–H groups in total. The maximum atomic E-state index is 12.8. The number of fused-ring (bicyclic) bond motifs is 1. The summed E-state index contributed by atoms with van der Waals surface area (Å²) in [6.07, 6.45) is 2.79. The van der Waals surface area contributed by atoms with Gasteiger partial charge in [-0.2, -0.15) is 0 Å². The van der Waals surface area contributed by atoms with Gasteiger partial charge in [-0.3, -0.25) is 9.53 Å². The minimum atomic E-state index is -4.57. The van der Waals surface area contributed by atoms with Crippen LogP contribution >= 0.6 is 11.6 Å². The number of benzene rings is 1. The molecule has 5 rings (SSSR count). The number of halogens is 4. The molecule has 3 aromatic rings. The van der Waals surface area contributed by atoms with E-state index in [1.165, 1.54) is 5.56 Å². The summed E-state index contributed by atoms with van der Waals surface area (Å²) in [5.74, 6) is 0.818. The van der Waals surface area contributed by atoms with Crippen molar-refractivity contribution in [2.75, 3.05) is 5.32 Å². The third kappa shape index (κ3) is 5.23. The molecule has 1 amide bonds. The van der Waals surface area contributed by atoms with Gasteiger partial charge in [0.05, 0.1) is 11.6 Å². The van der Waals surface area contributed by atoms with Gasteiger partial charge in [0.1, 0.15) is 5.82 Å². The Balaban J connectivity index is 1.12. The van der Waals surface area contributed by atoms with E-state index in [4.69, 9.17) is 11.6 Å². The number of hydrogen-bond donors (Lipinski definition) is 1. The third-order valence-corrected chi connectivity index (χ3v) is 7.24. The Morgan fingerprint density at radius 2 is 1.85 bits per heavy atom. The molecule has 2 saturated carbocycles. The topological polar surface area (TPSA) is 56.2 Å². The molecule has 2 aliphatic rings. The number of aromatic nitrogens is 2. The van der Waals surface area contributed by atoms with Gasteiger partial charge in [0.15, 0.2) is 0 Å². The molecule has 0 radical (unpaired) electrons. The van der Waals surface area contributed by atoms with E-state index in [0.29, 0.717) is 29.6 Å². The third-order valence-electron chi connectivity index (χ3n) is 7.00. The second kappa shape index (κ2) is 9.23. The molecule has 0 spiro atoms. The first-order chi connectivity index (χ1) is 16.2. The molecular weight excluding hydrogens is 467 g/mol. The maximum Gasteiger partial charge on any atom is 0.522 e. The summed E-state index contributed by atoms with van der Waals surface area (Å²) < 4.78 is 43.1. The van der Waals surface area contributed by atoms with E-state index >= 15 is 0 Å². The zero-order chi connectivity index (χ0) is 23.9. The maximum absolute atomic E-state index is 12.8. The van der Waals surface area contributed by atoms with Gasteiger partial charge >= 0.3 is 6.36 Å². The normalized spacial score (nSPS) is 25.2. The van der Waals surface area contributed by atoms with Crippen LogP contribution in [0.3, 0.4) is 0 Å². The first-order valence-electron chi connectivity index (χ1n) is 11.5. The van der Waals surface area contributed by atoms with Crippen LogP contribution in [-0.4, -0.2) is 27.9 Å². The summed E-state index contributed by atoms with van der Waals surface area (Å²) in [7, 11) is 0. The molecular formula is C25H25ClF3N3O2. The lowest BCUT2D eigenvalue weighted by Crippen LogP contribution is -2.36. The number of nitrogens with one attached hydrogen (secondary N) is 1. The number of nitrogens with zero attached hydrogens (tertiary/aromatic N) is 2. The van der Waals surface area contributed by atoms with Gasteiger partial charge in [0.25, 0.3) is 0 Å². The SMILES string of the molecule is O=C(Nc1ccc2cc(Cl)ccc2n1)C1CCC(c2ccn(C3CC(OC(F)(F)F)C3)c2)CC1. The Kier molecular flexibility index (Phi) is 6.29. The molecule has 0 bridgehead atoms. The number of alkyl halides is 3. The number of carbonyl (C=O) groups excluding carboxylic acids is 1. The van der Waals surface area contributed by atoms with Gasteiger partial charge in [-0.05, 0) is 86.4 Å². The Morgan fingerprint density at radius 3 is 2.59 bits per heavy atom. The van der Waals surface area contributed by atoms with E-state index < -0.39 is 12.5 Å². The van der Waals surface area contributed by atoms with Crippen molar-refractivity contribution in [1.29, 1.82) is 0 Å². The van der Waals surface area contributed by atoms with Crippen molar-refractivity contribution >= 4 is 34.2 Å². The molecule has 0 aliphatic heterocycles. The van der Waals surface area contributed by atoms with Crippen molar-refractivity contribution in [1.82, 2.24) is 9.55 Å². The molecule has 2 aliphatic carbocycles. The second-order valence-electron chi connectivity index (χ2n) is 9.27. The van der Waals surface area contributed by atoms with E-state index in [9.17, 15) is 18.0 Å². The number of ether oxygens (including phenoxy) is 1. The summed E-state index contributed by atoms with van der Waals surface area (Å²) in [5, 5.41) is 4.51. The van der Waals surface area contributed by atoms with Crippen LogP contribution in [-0.2, 0) is 9.53 Å². The number of pyridine rings is 1. The van der Waals surface area contributed by atoms with Crippen LogP contribution in [0.1, 0.15) is 56.0 Å². The molecule has 2 heterocycles. The zero-order valence-corrected chi connectivity index (χ0v) is 19.1. The van der Waals surface area contributed by atoms with Crippen LogP contribution < -0.4 is 5.32 Å². The van der Waals surface area contributed by atoms with E-state index in [0.717, 1.165) is 36.6 Å². The molecule has 0 saturated heterocycles. The van der Waals surface area contributed by atoms with Crippen molar-refractivity contribution in [2.24, 2.45) is 5.92 Å². The largest absolute Gasteiger partial charge is 0.522 e. The highest BCUT2D eigenvalue weighted by Gasteiger charge is 2.40. The minimum Gasteiger partial charge on any atom is -0.351 e. The Morgan fingerprint density at radius 1 is 1.09 bits per heavy atom. The molecule has 0 unspecified atom stereocenters. The molecule has 2 aromatic heterocycles. The van der Waals surface area contributed by atoms with E-state index in [-0.39, 0.29) is 17.9 Å². The Bertz CT molecular complexity index is 1180. The predicted octanol–water partition coefficient (Wildman–Crippen LogP) is 6.84. The highest BCUT2D eigenvalue weighted by atomic mass is 35.5. The average Bonchev–Trinajstić information content (AvgIpc) is 3.25. The van der Waals surface area contributed by atoms with Gasteiger partial charge in [-0.15, -0.1) is 13.2 Å². The molecule has 34 heavy (non-hydrogen) atoms. The van der Waals surface area contributed by atoms with Crippen molar-refractivity contribution in [2.45, 2.75) is 63.0 Å². The van der Waals surface area contributed by atoms with Crippen LogP contribution in [0.5, 0.6) is 0 Å². The average molecular weight is 492 g/mol. The zero-order valence-electron chi connectivity index (χ0n) is 18.4. The summed E-state index contributed by atoms with van der Waals surface area (Å²) in [5.41, 5.74) is 1.96. The standard InChI is InChI=1S/C25H25ClF3N3O2/c26-19-6-7-22-17(11-19)5-8-23(30-22)31-24(33)16-3-1-15(2-4-16)18-9-10-32(14-18)20-12-21(13-20)34-25(27,28)29/h5-11,14-16,20-21H,1-4,12-13H2,(H,30,31,33). The lowest BCUT2D eigenvalue weighted by atomic mass is 9.79. The van der Waals surface area contributed by atoms with Crippen LogP contribution in [0.4, 0.5) is 19.0 Å². The van der Waals surface area contributed by atoms with Crippen LogP contribution in [0, 0.1) is 5.92 Å². The van der Waals surface area contributed by atoms with Gasteiger partial charge in [0.2, 0.25) is 5.91 Å². The Hall–Kier alpha value is -2.58. The fraction of sp³-hybridized carbons (Fsp3) is 0.440. The fourth-order valence-corrected chi connectivity index (χ4v) is 5.23. The monoisotopic (exact) mass is 491 g/mol. The predicted molar refractivity (Wildman–Crippen MR) is 124 cm³/mol. The number of rotatable bonds is 5. The van der Waals surface area contributed by atoms with Crippen LogP contribution in [0.25, 0.3) is 10.9 Å². The number of amides is 1. The van der Waals surface area contributed by atoms with Crippen molar-refractivity contribution < 1.29 is 22.7 Å². The van der Waals surface area contributed by atoms with Gasteiger partial charge in [0, 0.05) is 34.8 Å². The van der Waals surface area contributed by atoms with Gasteiger partial charge in [-0.25, -0.2) is 4.98 Å². The smallest absolute Gasteiger partial charge is 0.351 e. The van der Waals surface area contributed by atoms with E-state index in [1.54, 1.807) is 12.1 Å². The summed E-state index contributed by atoms with van der Waals surface area (Å²) in [4.78, 5) is 17.3. The number of anilines is 1. The fourth-order valence-electron chi connectivity index (χ4n) is 5.05. The van der Waals surface area contributed by atoms with Crippen LogP contribution in [0.2, 0.25) is 5.02 Å². The Labute approximate surface area is 200 Å². The van der Waals surface area contributed by atoms with Crippen molar-refractivity contribution in [3.63, 3.8) is 0 Å². The van der Waals surface area contributed by atoms with Crippen molar-refractivity contribution in [3.05, 3.63) is 59.4 Å². The molecule has 180 valence electrons. The molecule has 1 aromatic carbocycles. The number of carbonyl (C=O) groups is 1. The molecule has 5 nitrogen and oxygen atoms in total. The molecule has 2 fully saturated rings. The van der Waals surface area contributed by atoms with Crippen LogP contribution in [0.15, 0.2) is 48.8 Å². The second-order valence-corrected chi connectivity index (χ2v) is 9.71. The lowest BCUT2D eigenvalue weighted by Gasteiger charge is -2.36. The van der Waals surface area contributed by atoms with Crippen molar-refractivity contribution in [3.8, 4) is 0 Å².